The molecule has 6 rings (SSSR count). The fraction of sp³-hybridized carbons (Fsp3) is 0.286. The van der Waals surface area contributed by atoms with Crippen LogP contribution < -0.4 is 16.2 Å². The molecular weight excluding hydrogens is 507 g/mol. The van der Waals surface area contributed by atoms with Crippen LogP contribution in [0.15, 0.2) is 65.6 Å². The predicted molar refractivity (Wildman–Crippen MR) is 145 cm³/mol. The summed E-state index contributed by atoms with van der Waals surface area (Å²) in [5, 5.41) is 7.42. The molecule has 2 unspecified atom stereocenters. The fourth-order valence-electron chi connectivity index (χ4n) is 5.27. The maximum absolute atomic E-state index is 13.8. The Morgan fingerprint density at radius 3 is 2.55 bits per heavy atom. The van der Waals surface area contributed by atoms with Gasteiger partial charge in [-0.25, -0.2) is 14.2 Å². The van der Waals surface area contributed by atoms with Gasteiger partial charge in [-0.05, 0) is 42.8 Å². The number of piperidine rings is 1. The molecule has 1 aliphatic heterocycles. The lowest BCUT2D eigenvalue weighted by atomic mass is 10.1. The molecule has 2 aliphatic rings. The first-order valence-electron chi connectivity index (χ1n) is 12.7. The number of carbonyl (C=O) groups is 1. The van der Waals surface area contributed by atoms with Crippen LogP contribution in [0.2, 0.25) is 5.02 Å². The highest BCUT2D eigenvalue weighted by Gasteiger charge is 2.57. The zero-order chi connectivity index (χ0) is 26.4. The third-order valence-corrected chi connectivity index (χ3v) is 7.62. The molecule has 3 heterocycles. The Labute approximate surface area is 223 Å². The van der Waals surface area contributed by atoms with Gasteiger partial charge in [0.05, 0.1) is 5.69 Å². The van der Waals surface area contributed by atoms with Gasteiger partial charge in [-0.2, -0.15) is 4.98 Å². The summed E-state index contributed by atoms with van der Waals surface area (Å²) >= 11 is 6.42. The summed E-state index contributed by atoms with van der Waals surface area (Å²) in [5.74, 6) is 0.676. The number of nitrogens with one attached hydrogen (secondary N) is 2. The molecule has 4 aromatic rings. The lowest BCUT2D eigenvalue weighted by Gasteiger charge is -2.20. The second-order valence-electron chi connectivity index (χ2n) is 9.76. The van der Waals surface area contributed by atoms with Crippen molar-refractivity contribution in [1.82, 2.24) is 24.8 Å². The van der Waals surface area contributed by atoms with Crippen LogP contribution in [0.3, 0.4) is 0 Å². The van der Waals surface area contributed by atoms with Gasteiger partial charge >= 0.3 is 6.03 Å². The van der Waals surface area contributed by atoms with Crippen molar-refractivity contribution in [2.75, 3.05) is 25.0 Å². The van der Waals surface area contributed by atoms with Gasteiger partial charge in [-0.3, -0.25) is 9.36 Å². The molecule has 0 bridgehead atoms. The monoisotopic (exact) mass is 532 g/mol. The van der Waals surface area contributed by atoms with Crippen molar-refractivity contribution >= 4 is 34.6 Å². The van der Waals surface area contributed by atoms with E-state index in [0.29, 0.717) is 70.3 Å². The van der Waals surface area contributed by atoms with Crippen LogP contribution in [0.5, 0.6) is 0 Å². The van der Waals surface area contributed by atoms with E-state index in [1.165, 1.54) is 16.7 Å². The smallest absolute Gasteiger partial charge is 0.317 e. The van der Waals surface area contributed by atoms with Crippen molar-refractivity contribution in [3.63, 3.8) is 0 Å². The maximum atomic E-state index is 13.8. The fourth-order valence-corrected chi connectivity index (χ4v) is 5.51. The summed E-state index contributed by atoms with van der Waals surface area (Å²) in [4.78, 5) is 37.1. The van der Waals surface area contributed by atoms with E-state index >= 15 is 0 Å². The molecule has 1 aliphatic carbocycles. The van der Waals surface area contributed by atoms with Crippen LogP contribution in [0, 0.1) is 17.7 Å². The minimum Gasteiger partial charge on any atom is -0.351 e. The standard InChI is InChI=1S/C28H26ClFN6O2/c1-2-11-31-28(38)35-14-21-22(15-35)24(21)33-27-32-13-16-12-20(19-5-3-4-6-23(19)29)26(37)36(25(16)34-27)18-9-7-17(30)8-10-18/h3-10,12-13,21-22,24H,2,11,14-15H2,1H3,(H,31,38)(H,32,33,34). The minimum absolute atomic E-state index is 0.0163. The average Bonchev–Trinajstić information content (AvgIpc) is 3.34. The van der Waals surface area contributed by atoms with E-state index in [0.717, 1.165) is 6.42 Å². The molecule has 38 heavy (non-hydrogen) atoms. The number of anilines is 1. The summed E-state index contributed by atoms with van der Waals surface area (Å²) in [6.07, 6.45) is 2.58. The van der Waals surface area contributed by atoms with Gasteiger partial charge in [0.1, 0.15) is 5.82 Å². The number of hydrogen-bond acceptors (Lipinski definition) is 5. The topological polar surface area (TPSA) is 92.2 Å². The Balaban J connectivity index is 1.33. The molecule has 1 saturated heterocycles. The van der Waals surface area contributed by atoms with E-state index in [1.54, 1.807) is 42.6 Å². The van der Waals surface area contributed by atoms with Crippen LogP contribution >= 0.6 is 11.6 Å². The molecular formula is C28H26ClFN6O2. The van der Waals surface area contributed by atoms with E-state index in [2.05, 4.69) is 15.6 Å². The molecule has 0 radical (unpaired) electrons. The highest BCUT2D eigenvalue weighted by atomic mass is 35.5. The third-order valence-electron chi connectivity index (χ3n) is 7.29. The number of urea groups is 1. The SMILES string of the molecule is CCCNC(=O)N1CC2C(C1)C2Nc1ncc2cc(-c3ccccc3Cl)c(=O)n(-c3ccc(F)cc3)c2n1. The van der Waals surface area contributed by atoms with Crippen molar-refractivity contribution in [2.24, 2.45) is 11.8 Å². The first-order valence-corrected chi connectivity index (χ1v) is 13.1. The Morgan fingerprint density at radius 2 is 1.84 bits per heavy atom. The molecule has 10 heteroatoms. The average molecular weight is 533 g/mol. The number of hydrogen-bond donors (Lipinski definition) is 2. The van der Waals surface area contributed by atoms with Gasteiger partial charge < -0.3 is 15.5 Å². The van der Waals surface area contributed by atoms with Gasteiger partial charge in [-0.1, -0.05) is 36.7 Å². The Hall–Kier alpha value is -3.98. The number of carbonyl (C=O) groups excluding carboxylic acids is 1. The minimum atomic E-state index is -0.400. The summed E-state index contributed by atoms with van der Waals surface area (Å²) in [6.45, 7) is 4.07. The molecule has 2 amide bonds. The first-order chi connectivity index (χ1) is 18.4. The summed E-state index contributed by atoms with van der Waals surface area (Å²) < 4.78 is 15.2. The van der Waals surface area contributed by atoms with Crippen molar-refractivity contribution < 1.29 is 9.18 Å². The second-order valence-corrected chi connectivity index (χ2v) is 10.2. The maximum Gasteiger partial charge on any atom is 0.317 e. The van der Waals surface area contributed by atoms with Gasteiger partial charge in [0.2, 0.25) is 5.95 Å². The lowest BCUT2D eigenvalue weighted by Crippen LogP contribution is -2.41. The number of nitrogens with zero attached hydrogens (tertiary/aromatic N) is 4. The molecule has 8 nitrogen and oxygen atoms in total. The zero-order valence-electron chi connectivity index (χ0n) is 20.7. The third kappa shape index (κ3) is 4.36. The number of likely N-dealkylation sites (tertiary alicyclic amines) is 1. The van der Waals surface area contributed by atoms with E-state index < -0.39 is 5.82 Å². The lowest BCUT2D eigenvalue weighted by molar-refractivity contribution is 0.203. The van der Waals surface area contributed by atoms with Crippen molar-refractivity contribution in [3.05, 3.63) is 82.0 Å². The molecule has 0 spiro atoms. The van der Waals surface area contributed by atoms with Crippen LogP contribution in [0.4, 0.5) is 15.1 Å². The van der Waals surface area contributed by atoms with Gasteiger partial charge in [0.15, 0.2) is 5.65 Å². The Bertz CT molecular complexity index is 1580. The number of rotatable bonds is 6. The number of halogens is 2. The highest BCUT2D eigenvalue weighted by molar-refractivity contribution is 6.33. The quantitative estimate of drug-likeness (QED) is 0.375. The van der Waals surface area contributed by atoms with E-state index in [4.69, 9.17) is 16.6 Å². The molecule has 2 aromatic carbocycles. The first kappa shape index (κ1) is 24.4. The van der Waals surface area contributed by atoms with Gasteiger partial charge in [0, 0.05) is 65.2 Å². The summed E-state index contributed by atoms with van der Waals surface area (Å²) in [5.41, 5.74) is 1.56. The molecule has 194 valence electrons. The number of pyridine rings is 1. The highest BCUT2D eigenvalue weighted by Crippen LogP contribution is 2.47. The summed E-state index contributed by atoms with van der Waals surface area (Å²) in [6, 6.07) is 14.7. The Kier molecular flexibility index (Phi) is 6.23. The molecule has 2 atom stereocenters. The van der Waals surface area contributed by atoms with Gasteiger partial charge in [0.25, 0.3) is 5.56 Å². The van der Waals surface area contributed by atoms with E-state index in [9.17, 15) is 14.0 Å². The predicted octanol–water partition coefficient (Wildman–Crippen LogP) is 4.70. The summed E-state index contributed by atoms with van der Waals surface area (Å²) in [7, 11) is 0. The zero-order valence-corrected chi connectivity index (χ0v) is 21.5. The van der Waals surface area contributed by atoms with Crippen molar-refractivity contribution in [3.8, 4) is 16.8 Å². The molecule has 2 aromatic heterocycles. The molecule has 1 saturated carbocycles. The van der Waals surface area contributed by atoms with Crippen molar-refractivity contribution in [2.45, 2.75) is 19.4 Å². The van der Waals surface area contributed by atoms with Crippen molar-refractivity contribution in [1.29, 1.82) is 0 Å². The number of aromatic nitrogens is 3. The Morgan fingerprint density at radius 1 is 1.11 bits per heavy atom. The van der Waals surface area contributed by atoms with Crippen LogP contribution in [-0.4, -0.2) is 51.1 Å². The number of fused-ring (bicyclic) bond motifs is 2. The van der Waals surface area contributed by atoms with Crippen LogP contribution in [0.1, 0.15) is 13.3 Å². The molecule has 2 N–H and O–H groups in total. The van der Waals surface area contributed by atoms with E-state index in [1.807, 2.05) is 17.9 Å². The van der Waals surface area contributed by atoms with E-state index in [-0.39, 0.29) is 17.6 Å². The molecule has 2 fully saturated rings. The number of benzene rings is 2. The number of amides is 2. The second kappa shape index (κ2) is 9.72. The van der Waals surface area contributed by atoms with Crippen LogP contribution in [0.25, 0.3) is 27.8 Å². The van der Waals surface area contributed by atoms with Gasteiger partial charge in [-0.15, -0.1) is 0 Å². The normalized spacial score (nSPS) is 19.9. The van der Waals surface area contributed by atoms with Crippen LogP contribution in [-0.2, 0) is 0 Å². The largest absolute Gasteiger partial charge is 0.351 e.